The van der Waals surface area contributed by atoms with Crippen LogP contribution in [0.15, 0.2) is 41.3 Å². The van der Waals surface area contributed by atoms with E-state index in [1.165, 1.54) is 17.1 Å². The minimum Gasteiger partial charge on any atom is -0.477 e. The summed E-state index contributed by atoms with van der Waals surface area (Å²) in [7, 11) is 0. The molecule has 0 aliphatic heterocycles. The number of hydrogen-bond donors (Lipinski definition) is 1. The fraction of sp³-hybridized carbons (Fsp3) is 0. The van der Waals surface area contributed by atoms with Crippen molar-refractivity contribution in [2.45, 2.75) is 0 Å². The van der Waals surface area contributed by atoms with Crippen LogP contribution >= 0.6 is 15.9 Å². The molecule has 1 aromatic carbocycles. The van der Waals surface area contributed by atoms with E-state index in [1.54, 1.807) is 0 Å². The monoisotopic (exact) mass is 266 g/mol. The van der Waals surface area contributed by atoms with Gasteiger partial charge in [-0.1, -0.05) is 22.0 Å². The molecule has 0 saturated heterocycles. The third-order valence-corrected chi connectivity index (χ3v) is 2.44. The lowest BCUT2D eigenvalue weighted by atomic mass is 10.3. The van der Waals surface area contributed by atoms with E-state index in [9.17, 15) is 4.79 Å². The van der Waals surface area contributed by atoms with E-state index in [-0.39, 0.29) is 5.69 Å². The maximum Gasteiger partial charge on any atom is 0.354 e. The van der Waals surface area contributed by atoms with E-state index in [0.29, 0.717) is 0 Å². The fourth-order valence-electron chi connectivity index (χ4n) is 1.28. The number of rotatable bonds is 2. The Labute approximate surface area is 94.3 Å². The van der Waals surface area contributed by atoms with Gasteiger partial charge in [-0.05, 0) is 18.2 Å². The summed E-state index contributed by atoms with van der Waals surface area (Å²) in [6.45, 7) is 0. The number of carbonyl (C=O) groups is 1. The molecule has 0 bridgehead atoms. The number of aromatic nitrogens is 2. The fourth-order valence-corrected chi connectivity index (χ4v) is 1.67. The zero-order valence-electron chi connectivity index (χ0n) is 7.59. The third-order valence-electron chi connectivity index (χ3n) is 1.94. The minimum atomic E-state index is -0.993. The van der Waals surface area contributed by atoms with Crippen LogP contribution in [0.2, 0.25) is 0 Å². The van der Waals surface area contributed by atoms with Gasteiger partial charge in [0, 0.05) is 10.2 Å². The number of nitrogens with zero attached hydrogens (tertiary/aromatic N) is 2. The summed E-state index contributed by atoms with van der Waals surface area (Å²) in [6.07, 6.45) is 2.80. The molecule has 2 aromatic rings. The van der Waals surface area contributed by atoms with Crippen molar-refractivity contribution >= 4 is 21.9 Å². The van der Waals surface area contributed by atoms with E-state index >= 15 is 0 Å². The summed E-state index contributed by atoms with van der Waals surface area (Å²) in [6, 6.07) is 7.36. The number of benzene rings is 1. The van der Waals surface area contributed by atoms with E-state index in [2.05, 4.69) is 20.9 Å². The Morgan fingerprint density at radius 2 is 2.27 bits per heavy atom. The molecule has 0 amide bonds. The molecule has 1 N–H and O–H groups in total. The summed E-state index contributed by atoms with van der Waals surface area (Å²) >= 11 is 3.33. The molecule has 1 heterocycles. The topological polar surface area (TPSA) is 55.1 Å². The Bertz CT molecular complexity index is 508. The van der Waals surface area contributed by atoms with E-state index in [1.807, 2.05) is 24.3 Å². The maximum absolute atomic E-state index is 10.9. The van der Waals surface area contributed by atoms with Crippen LogP contribution in [0.4, 0.5) is 0 Å². The van der Waals surface area contributed by atoms with Crippen molar-refractivity contribution in [3.05, 3.63) is 47.0 Å². The quantitative estimate of drug-likeness (QED) is 0.908. The Morgan fingerprint density at radius 3 is 2.93 bits per heavy atom. The second kappa shape index (κ2) is 3.86. The molecule has 0 saturated carbocycles. The summed E-state index contributed by atoms with van der Waals surface area (Å²) in [5.41, 5.74) is 0.910. The average molecular weight is 267 g/mol. The molecule has 0 fully saturated rings. The molecule has 76 valence electrons. The maximum atomic E-state index is 10.9. The van der Waals surface area contributed by atoms with Gasteiger partial charge in [0.2, 0.25) is 0 Å². The van der Waals surface area contributed by atoms with E-state index in [4.69, 9.17) is 5.11 Å². The average Bonchev–Trinajstić information content (AvgIpc) is 2.65. The zero-order valence-corrected chi connectivity index (χ0v) is 9.18. The number of hydrogen-bond acceptors (Lipinski definition) is 2. The van der Waals surface area contributed by atoms with Crippen molar-refractivity contribution in [1.29, 1.82) is 0 Å². The van der Waals surface area contributed by atoms with Gasteiger partial charge in [-0.2, -0.15) is 0 Å². The van der Waals surface area contributed by atoms with Crippen LogP contribution < -0.4 is 0 Å². The number of aromatic carboxylic acids is 1. The molecule has 0 radical (unpaired) electrons. The van der Waals surface area contributed by atoms with Crippen LogP contribution in [0, 0.1) is 0 Å². The molecule has 1 aromatic heterocycles. The first-order chi connectivity index (χ1) is 7.18. The lowest BCUT2D eigenvalue weighted by molar-refractivity contribution is 0.0688. The molecule has 2 rings (SSSR count). The lowest BCUT2D eigenvalue weighted by Crippen LogP contribution is -2.05. The highest BCUT2D eigenvalue weighted by Gasteiger charge is 2.10. The molecule has 0 atom stereocenters. The first-order valence-electron chi connectivity index (χ1n) is 4.20. The highest BCUT2D eigenvalue weighted by Crippen LogP contribution is 2.16. The second-order valence-electron chi connectivity index (χ2n) is 2.93. The van der Waals surface area contributed by atoms with Crippen LogP contribution in [0.5, 0.6) is 0 Å². The second-order valence-corrected chi connectivity index (χ2v) is 3.85. The van der Waals surface area contributed by atoms with Crippen molar-refractivity contribution < 1.29 is 9.90 Å². The van der Waals surface area contributed by atoms with Crippen molar-refractivity contribution in [3.8, 4) is 5.69 Å². The first-order valence-corrected chi connectivity index (χ1v) is 4.99. The smallest absolute Gasteiger partial charge is 0.354 e. The molecule has 0 aliphatic carbocycles. The van der Waals surface area contributed by atoms with Gasteiger partial charge in [-0.3, -0.25) is 4.57 Å². The van der Waals surface area contributed by atoms with Gasteiger partial charge < -0.3 is 5.11 Å². The Morgan fingerprint density at radius 1 is 1.47 bits per heavy atom. The van der Waals surface area contributed by atoms with Crippen molar-refractivity contribution in [2.75, 3.05) is 0 Å². The third kappa shape index (κ3) is 1.92. The molecule has 0 aliphatic rings. The molecule has 15 heavy (non-hydrogen) atoms. The number of carboxylic acids is 1. The van der Waals surface area contributed by atoms with Gasteiger partial charge >= 0.3 is 5.97 Å². The number of halogens is 1. The van der Waals surface area contributed by atoms with Crippen LogP contribution in [0.1, 0.15) is 10.5 Å². The van der Waals surface area contributed by atoms with Gasteiger partial charge in [-0.25, -0.2) is 9.78 Å². The largest absolute Gasteiger partial charge is 0.477 e. The zero-order chi connectivity index (χ0) is 10.8. The summed E-state index contributed by atoms with van der Waals surface area (Å²) < 4.78 is 2.41. The highest BCUT2D eigenvalue weighted by molar-refractivity contribution is 9.10. The molecule has 4 nitrogen and oxygen atoms in total. The van der Waals surface area contributed by atoms with E-state index in [0.717, 1.165) is 10.2 Å². The van der Waals surface area contributed by atoms with Crippen LogP contribution in [-0.4, -0.2) is 20.6 Å². The molecule has 0 unspecified atom stereocenters. The summed E-state index contributed by atoms with van der Waals surface area (Å²) in [5, 5.41) is 8.91. The number of imidazole rings is 1. The standard InChI is InChI=1S/C10H7BrN2O2/c11-7-2-1-3-8(4-7)13-6-12-5-9(13)10(14)15/h1-6H,(H,14,15). The predicted octanol–water partition coefficient (Wildman–Crippen LogP) is 2.33. The summed E-state index contributed by atoms with van der Waals surface area (Å²) in [5.74, 6) is -0.993. The molecule has 0 spiro atoms. The molecular weight excluding hydrogens is 260 g/mol. The van der Waals surface area contributed by atoms with Crippen molar-refractivity contribution in [2.24, 2.45) is 0 Å². The normalized spacial score (nSPS) is 10.2. The highest BCUT2D eigenvalue weighted by atomic mass is 79.9. The van der Waals surface area contributed by atoms with Gasteiger partial charge in [0.1, 0.15) is 0 Å². The Balaban J connectivity index is 2.54. The van der Waals surface area contributed by atoms with Crippen molar-refractivity contribution in [3.63, 3.8) is 0 Å². The predicted molar refractivity (Wildman–Crippen MR) is 58.2 cm³/mol. The van der Waals surface area contributed by atoms with Crippen LogP contribution in [0.3, 0.4) is 0 Å². The number of carboxylic acid groups (broad SMARTS) is 1. The van der Waals surface area contributed by atoms with Crippen molar-refractivity contribution in [1.82, 2.24) is 9.55 Å². The first kappa shape index (κ1) is 9.92. The molecule has 5 heteroatoms. The van der Waals surface area contributed by atoms with Gasteiger partial charge in [0.25, 0.3) is 0 Å². The van der Waals surface area contributed by atoms with Gasteiger partial charge in [0.05, 0.1) is 12.5 Å². The van der Waals surface area contributed by atoms with Crippen LogP contribution in [0.25, 0.3) is 5.69 Å². The lowest BCUT2D eigenvalue weighted by Gasteiger charge is -2.04. The Hall–Kier alpha value is -1.62. The summed E-state index contributed by atoms with van der Waals surface area (Å²) in [4.78, 5) is 14.7. The minimum absolute atomic E-state index is 0.146. The Kier molecular flexibility index (Phi) is 2.55. The van der Waals surface area contributed by atoms with E-state index < -0.39 is 5.97 Å². The van der Waals surface area contributed by atoms with Gasteiger partial charge in [-0.15, -0.1) is 0 Å². The SMILES string of the molecule is O=C(O)c1cncn1-c1cccc(Br)c1. The van der Waals surface area contributed by atoms with Crippen LogP contribution in [-0.2, 0) is 0 Å². The molecular formula is C10H7BrN2O2. The van der Waals surface area contributed by atoms with Gasteiger partial charge in [0.15, 0.2) is 5.69 Å².